The lowest BCUT2D eigenvalue weighted by Crippen LogP contribution is -2.01. The van der Waals surface area contributed by atoms with Crippen LogP contribution in [0.2, 0.25) is 0 Å². The molecule has 1 heterocycles. The summed E-state index contributed by atoms with van der Waals surface area (Å²) in [7, 11) is 0. The summed E-state index contributed by atoms with van der Waals surface area (Å²) in [5, 5.41) is 1.25. The van der Waals surface area contributed by atoms with E-state index in [4.69, 9.17) is 10.7 Å². The Morgan fingerprint density at radius 2 is 2.17 bits per heavy atom. The molecule has 3 rings (SSSR count). The first-order valence-corrected chi connectivity index (χ1v) is 6.66. The number of rotatable bonds is 3. The molecule has 92 valence electrons. The van der Waals surface area contributed by atoms with Gasteiger partial charge in [-0.3, -0.25) is 4.98 Å². The number of benzene rings is 1. The lowest BCUT2D eigenvalue weighted by Gasteiger charge is -2.11. The molecule has 1 aliphatic rings. The van der Waals surface area contributed by atoms with Crippen molar-refractivity contribution in [3.05, 3.63) is 47.2 Å². The number of fused-ring (bicyclic) bond motifs is 2. The van der Waals surface area contributed by atoms with E-state index in [1.807, 2.05) is 0 Å². The van der Waals surface area contributed by atoms with Gasteiger partial charge in [-0.2, -0.15) is 0 Å². The van der Waals surface area contributed by atoms with E-state index >= 15 is 0 Å². The maximum Gasteiger partial charge on any atom is 0.0705 e. The van der Waals surface area contributed by atoms with Crippen LogP contribution in [0.15, 0.2) is 30.3 Å². The Labute approximate surface area is 108 Å². The average Bonchev–Trinajstić information content (AvgIpc) is 2.42. The molecule has 0 radical (unpaired) electrons. The Morgan fingerprint density at radius 3 is 3.06 bits per heavy atom. The molecule has 0 atom stereocenters. The first kappa shape index (κ1) is 11.4. The van der Waals surface area contributed by atoms with Gasteiger partial charge in [-0.05, 0) is 61.6 Å². The second kappa shape index (κ2) is 4.91. The van der Waals surface area contributed by atoms with Crippen molar-refractivity contribution in [2.45, 2.75) is 25.7 Å². The Balaban J connectivity index is 2.03. The normalized spacial score (nSPS) is 13.8. The molecule has 2 N–H and O–H groups in total. The first-order valence-electron chi connectivity index (χ1n) is 6.66. The van der Waals surface area contributed by atoms with Crippen molar-refractivity contribution < 1.29 is 0 Å². The highest BCUT2D eigenvalue weighted by atomic mass is 14.7. The Bertz CT molecular complexity index is 599. The van der Waals surface area contributed by atoms with E-state index in [0.29, 0.717) is 0 Å². The fraction of sp³-hybridized carbons (Fsp3) is 0.312. The van der Waals surface area contributed by atoms with Gasteiger partial charge in [0.15, 0.2) is 0 Å². The van der Waals surface area contributed by atoms with Gasteiger partial charge in [0.2, 0.25) is 0 Å². The van der Waals surface area contributed by atoms with E-state index in [2.05, 4.69) is 36.4 Å². The quantitative estimate of drug-likeness (QED) is 0.892. The van der Waals surface area contributed by atoms with E-state index in [-0.39, 0.29) is 0 Å². The molecule has 0 saturated carbocycles. The summed E-state index contributed by atoms with van der Waals surface area (Å²) in [4.78, 5) is 4.76. The van der Waals surface area contributed by atoms with Crippen molar-refractivity contribution in [1.82, 2.24) is 4.98 Å². The molecule has 18 heavy (non-hydrogen) atoms. The summed E-state index contributed by atoms with van der Waals surface area (Å²) in [6, 6.07) is 8.83. The zero-order chi connectivity index (χ0) is 12.4. The Kier molecular flexibility index (Phi) is 3.11. The molecule has 2 nitrogen and oxygen atoms in total. The summed E-state index contributed by atoms with van der Waals surface area (Å²) in [5.74, 6) is 0. The van der Waals surface area contributed by atoms with E-state index in [1.54, 1.807) is 0 Å². The lowest BCUT2D eigenvalue weighted by molar-refractivity contribution is 0.833. The molecule has 2 aromatic rings. The van der Waals surface area contributed by atoms with Gasteiger partial charge >= 0.3 is 0 Å². The van der Waals surface area contributed by atoms with E-state index < -0.39 is 0 Å². The molecule has 0 fully saturated rings. The predicted octanol–water partition coefficient (Wildman–Crippen LogP) is 3.09. The van der Waals surface area contributed by atoms with Gasteiger partial charge in [-0.25, -0.2) is 0 Å². The minimum Gasteiger partial charge on any atom is -0.330 e. The standard InChI is InChI=1S/C16H18N2/c17-9-3-4-12-7-8-16-14(10-12)11-13-5-1-2-6-15(13)18-16/h1,5,7-8,10-11H,2-4,6,9,17H2. The second-order valence-corrected chi connectivity index (χ2v) is 4.88. The minimum absolute atomic E-state index is 0.753. The summed E-state index contributed by atoms with van der Waals surface area (Å²) in [6.45, 7) is 0.753. The van der Waals surface area contributed by atoms with Crippen molar-refractivity contribution in [3.63, 3.8) is 0 Å². The molecule has 0 bridgehead atoms. The van der Waals surface area contributed by atoms with Gasteiger partial charge in [0, 0.05) is 11.1 Å². The van der Waals surface area contributed by atoms with Gasteiger partial charge in [0.1, 0.15) is 0 Å². The maximum absolute atomic E-state index is 5.56. The highest BCUT2D eigenvalue weighted by molar-refractivity contribution is 5.82. The predicted molar refractivity (Wildman–Crippen MR) is 76.5 cm³/mol. The third kappa shape index (κ3) is 2.16. The monoisotopic (exact) mass is 238 g/mol. The number of aryl methyl sites for hydroxylation is 2. The third-order valence-corrected chi connectivity index (χ3v) is 3.51. The second-order valence-electron chi connectivity index (χ2n) is 4.88. The number of hydrogen-bond acceptors (Lipinski definition) is 2. The fourth-order valence-corrected chi connectivity index (χ4v) is 2.52. The molecular weight excluding hydrogens is 220 g/mol. The number of allylic oxidation sites excluding steroid dienone is 1. The summed E-state index contributed by atoms with van der Waals surface area (Å²) in [6.07, 6.45) is 8.70. The number of pyridine rings is 1. The zero-order valence-electron chi connectivity index (χ0n) is 10.5. The molecule has 1 aromatic heterocycles. The average molecular weight is 238 g/mol. The largest absolute Gasteiger partial charge is 0.330 e. The van der Waals surface area contributed by atoms with Crippen LogP contribution in [0.4, 0.5) is 0 Å². The smallest absolute Gasteiger partial charge is 0.0705 e. The van der Waals surface area contributed by atoms with Crippen LogP contribution in [-0.4, -0.2) is 11.5 Å². The van der Waals surface area contributed by atoms with Crippen LogP contribution in [0.3, 0.4) is 0 Å². The van der Waals surface area contributed by atoms with E-state index in [0.717, 1.165) is 37.7 Å². The Morgan fingerprint density at radius 1 is 1.22 bits per heavy atom. The topological polar surface area (TPSA) is 38.9 Å². The van der Waals surface area contributed by atoms with Crippen molar-refractivity contribution in [3.8, 4) is 0 Å². The van der Waals surface area contributed by atoms with Crippen LogP contribution >= 0.6 is 0 Å². The number of hydrogen-bond donors (Lipinski definition) is 1. The third-order valence-electron chi connectivity index (χ3n) is 3.51. The maximum atomic E-state index is 5.56. The van der Waals surface area contributed by atoms with Crippen LogP contribution in [-0.2, 0) is 12.8 Å². The molecule has 0 unspecified atom stereocenters. The summed E-state index contributed by atoms with van der Waals surface area (Å²) in [5.41, 5.74) is 10.5. The lowest BCUT2D eigenvalue weighted by atomic mass is 9.99. The van der Waals surface area contributed by atoms with E-state index in [1.165, 1.54) is 22.2 Å². The van der Waals surface area contributed by atoms with Crippen LogP contribution in [0.25, 0.3) is 17.0 Å². The van der Waals surface area contributed by atoms with Crippen molar-refractivity contribution in [1.29, 1.82) is 0 Å². The van der Waals surface area contributed by atoms with Gasteiger partial charge in [-0.15, -0.1) is 0 Å². The van der Waals surface area contributed by atoms with Gasteiger partial charge in [-0.1, -0.05) is 18.2 Å². The first-order chi connectivity index (χ1) is 8.86. The van der Waals surface area contributed by atoms with Crippen LogP contribution in [0.1, 0.15) is 29.7 Å². The van der Waals surface area contributed by atoms with Gasteiger partial charge < -0.3 is 5.73 Å². The van der Waals surface area contributed by atoms with Crippen molar-refractivity contribution in [2.24, 2.45) is 5.73 Å². The van der Waals surface area contributed by atoms with Crippen molar-refractivity contribution >= 4 is 17.0 Å². The molecule has 1 aliphatic carbocycles. The fourth-order valence-electron chi connectivity index (χ4n) is 2.52. The Hall–Kier alpha value is -1.67. The minimum atomic E-state index is 0.753. The van der Waals surface area contributed by atoms with Crippen LogP contribution in [0.5, 0.6) is 0 Å². The van der Waals surface area contributed by atoms with E-state index in [9.17, 15) is 0 Å². The number of nitrogens with two attached hydrogens (primary N) is 1. The molecule has 0 saturated heterocycles. The molecular formula is C16H18N2. The molecule has 0 amide bonds. The van der Waals surface area contributed by atoms with Crippen LogP contribution in [0, 0.1) is 0 Å². The molecule has 1 aromatic carbocycles. The highest BCUT2D eigenvalue weighted by Gasteiger charge is 2.08. The van der Waals surface area contributed by atoms with Crippen LogP contribution < -0.4 is 5.73 Å². The number of aromatic nitrogens is 1. The molecule has 0 spiro atoms. The number of nitrogens with zero attached hydrogens (tertiary/aromatic N) is 1. The van der Waals surface area contributed by atoms with Gasteiger partial charge in [0.25, 0.3) is 0 Å². The highest BCUT2D eigenvalue weighted by Crippen LogP contribution is 2.23. The molecule has 2 heteroatoms. The zero-order valence-corrected chi connectivity index (χ0v) is 10.5. The summed E-state index contributed by atoms with van der Waals surface area (Å²) >= 11 is 0. The van der Waals surface area contributed by atoms with Crippen molar-refractivity contribution in [2.75, 3.05) is 6.54 Å². The van der Waals surface area contributed by atoms with Gasteiger partial charge in [0.05, 0.1) is 5.52 Å². The summed E-state index contributed by atoms with van der Waals surface area (Å²) < 4.78 is 0. The molecule has 0 aliphatic heterocycles. The SMILES string of the molecule is NCCCc1ccc2nc3c(cc2c1)C=CCC3.